The number of ether oxygens (including phenoxy) is 1. The van der Waals surface area contributed by atoms with E-state index < -0.39 is 0 Å². The molecule has 4 rings (SSSR count). The van der Waals surface area contributed by atoms with Crippen LogP contribution >= 0.6 is 0 Å². The lowest BCUT2D eigenvalue weighted by Crippen LogP contribution is -2.25. The first kappa shape index (κ1) is 16.3. The molecule has 134 valence electrons. The fourth-order valence-electron chi connectivity index (χ4n) is 3.61. The predicted octanol–water partition coefficient (Wildman–Crippen LogP) is 2.48. The molecular formula is C18H25N5O2. The normalized spacial score (nSPS) is 20.6. The Labute approximate surface area is 148 Å². The maximum absolute atomic E-state index is 6.10. The molecule has 2 aromatic rings. The Balaban J connectivity index is 1.36. The van der Waals surface area contributed by atoms with E-state index in [1.807, 2.05) is 13.8 Å². The summed E-state index contributed by atoms with van der Waals surface area (Å²) < 4.78 is 11.3. The highest BCUT2D eigenvalue weighted by Gasteiger charge is 2.26. The molecule has 0 aromatic carbocycles. The fourth-order valence-corrected chi connectivity index (χ4v) is 3.61. The number of rotatable bonds is 5. The first-order valence-electron chi connectivity index (χ1n) is 9.06. The highest BCUT2D eigenvalue weighted by atomic mass is 16.5. The van der Waals surface area contributed by atoms with Gasteiger partial charge >= 0.3 is 0 Å². The monoisotopic (exact) mass is 343 g/mol. The van der Waals surface area contributed by atoms with Gasteiger partial charge in [-0.25, -0.2) is 9.97 Å². The summed E-state index contributed by atoms with van der Waals surface area (Å²) >= 11 is 0. The fraction of sp³-hybridized carbons (Fsp3) is 0.611. The second kappa shape index (κ2) is 7.00. The third-order valence-corrected chi connectivity index (χ3v) is 5.18. The molecule has 25 heavy (non-hydrogen) atoms. The van der Waals surface area contributed by atoms with Gasteiger partial charge in [0.05, 0.1) is 18.4 Å². The van der Waals surface area contributed by atoms with Crippen molar-refractivity contribution in [1.82, 2.24) is 15.1 Å². The van der Waals surface area contributed by atoms with Crippen LogP contribution in [0.3, 0.4) is 0 Å². The molecule has 0 bridgehead atoms. The van der Waals surface area contributed by atoms with Gasteiger partial charge in [0.1, 0.15) is 23.7 Å². The van der Waals surface area contributed by atoms with Gasteiger partial charge in [-0.05, 0) is 33.1 Å². The zero-order chi connectivity index (χ0) is 17.2. The Bertz CT molecular complexity index is 707. The quantitative estimate of drug-likeness (QED) is 0.826. The summed E-state index contributed by atoms with van der Waals surface area (Å²) in [7, 11) is 0. The molecule has 0 amide bonds. The Morgan fingerprint density at radius 1 is 1.12 bits per heavy atom. The summed E-state index contributed by atoms with van der Waals surface area (Å²) in [6.45, 7) is 8.46. The van der Waals surface area contributed by atoms with Gasteiger partial charge in [-0.2, -0.15) is 0 Å². The topological polar surface area (TPSA) is 67.5 Å². The largest absolute Gasteiger partial charge is 0.371 e. The first-order chi connectivity index (χ1) is 12.2. The minimum atomic E-state index is 0.207. The number of anilines is 2. The van der Waals surface area contributed by atoms with Gasteiger partial charge in [0.25, 0.3) is 0 Å². The van der Waals surface area contributed by atoms with Crippen LogP contribution in [-0.4, -0.2) is 47.4 Å². The average Bonchev–Trinajstić information content (AvgIpc) is 3.36. The molecule has 0 N–H and O–H groups in total. The summed E-state index contributed by atoms with van der Waals surface area (Å²) in [4.78, 5) is 13.5. The van der Waals surface area contributed by atoms with Crippen LogP contribution in [0.15, 0.2) is 16.9 Å². The molecule has 2 fully saturated rings. The average molecular weight is 343 g/mol. The number of hydrogen-bond acceptors (Lipinski definition) is 7. The van der Waals surface area contributed by atoms with Gasteiger partial charge < -0.3 is 19.1 Å². The zero-order valence-corrected chi connectivity index (χ0v) is 14.9. The second-order valence-corrected chi connectivity index (χ2v) is 6.90. The first-order valence-corrected chi connectivity index (χ1v) is 9.06. The van der Waals surface area contributed by atoms with Gasteiger partial charge in [0, 0.05) is 37.8 Å². The molecular weight excluding hydrogens is 318 g/mol. The van der Waals surface area contributed by atoms with Gasteiger partial charge in [-0.1, -0.05) is 5.16 Å². The molecule has 7 heteroatoms. The summed E-state index contributed by atoms with van der Waals surface area (Å²) in [6, 6.07) is 2.11. The smallest absolute Gasteiger partial charge is 0.139 e. The highest BCUT2D eigenvalue weighted by molar-refractivity contribution is 5.51. The molecule has 0 aliphatic carbocycles. The number of nitrogens with zero attached hydrogens (tertiary/aromatic N) is 5. The van der Waals surface area contributed by atoms with E-state index in [0.29, 0.717) is 6.61 Å². The van der Waals surface area contributed by atoms with Crippen LogP contribution in [0.2, 0.25) is 0 Å². The van der Waals surface area contributed by atoms with Crippen molar-refractivity contribution in [3.8, 4) is 0 Å². The van der Waals surface area contributed by atoms with Crippen molar-refractivity contribution >= 4 is 11.6 Å². The SMILES string of the molecule is Cc1noc(C)c1CO[C@H]1CCN(c2cc(N3CCCC3)ncn2)C1. The molecule has 0 saturated carbocycles. The van der Waals surface area contributed by atoms with Crippen LogP contribution < -0.4 is 9.80 Å². The standard InChI is InChI=1S/C18H25N5O2/c1-13-16(14(2)25-21-13)11-24-15-5-8-23(10-15)18-9-17(19-12-20-18)22-6-3-4-7-22/h9,12,15H,3-8,10-11H2,1-2H3/t15-/m0/s1. The second-order valence-electron chi connectivity index (χ2n) is 6.90. The summed E-state index contributed by atoms with van der Waals surface area (Å²) in [5.41, 5.74) is 1.98. The van der Waals surface area contributed by atoms with E-state index in [-0.39, 0.29) is 6.10 Å². The van der Waals surface area contributed by atoms with E-state index in [2.05, 4.69) is 31.0 Å². The van der Waals surface area contributed by atoms with Crippen molar-refractivity contribution in [2.75, 3.05) is 36.0 Å². The van der Waals surface area contributed by atoms with Crippen LogP contribution in [0.5, 0.6) is 0 Å². The molecule has 2 aromatic heterocycles. The molecule has 0 unspecified atom stereocenters. The van der Waals surface area contributed by atoms with Crippen LogP contribution in [0.25, 0.3) is 0 Å². The lowest BCUT2D eigenvalue weighted by atomic mass is 10.2. The summed E-state index contributed by atoms with van der Waals surface area (Å²) in [5, 5.41) is 3.98. The van der Waals surface area contributed by atoms with Crippen molar-refractivity contribution in [2.45, 2.75) is 45.8 Å². The van der Waals surface area contributed by atoms with E-state index in [0.717, 1.165) is 61.3 Å². The van der Waals surface area contributed by atoms with Gasteiger partial charge in [-0.15, -0.1) is 0 Å². The van der Waals surface area contributed by atoms with E-state index >= 15 is 0 Å². The van der Waals surface area contributed by atoms with Crippen molar-refractivity contribution in [1.29, 1.82) is 0 Å². The van der Waals surface area contributed by atoms with Gasteiger partial charge in [-0.3, -0.25) is 0 Å². The van der Waals surface area contributed by atoms with E-state index in [1.165, 1.54) is 12.8 Å². The predicted molar refractivity (Wildman–Crippen MR) is 94.9 cm³/mol. The number of hydrogen-bond donors (Lipinski definition) is 0. The molecule has 7 nitrogen and oxygen atoms in total. The molecule has 2 aliphatic heterocycles. The lowest BCUT2D eigenvalue weighted by Gasteiger charge is -2.21. The van der Waals surface area contributed by atoms with Crippen LogP contribution in [0.4, 0.5) is 11.6 Å². The molecule has 4 heterocycles. The van der Waals surface area contributed by atoms with Gasteiger partial charge in [0.2, 0.25) is 0 Å². The summed E-state index contributed by atoms with van der Waals surface area (Å²) in [5.74, 6) is 2.89. The van der Waals surface area contributed by atoms with Gasteiger partial charge in [0.15, 0.2) is 0 Å². The Morgan fingerprint density at radius 3 is 2.60 bits per heavy atom. The molecule has 2 saturated heterocycles. The molecule has 0 radical (unpaired) electrons. The van der Waals surface area contributed by atoms with Crippen molar-refractivity contribution in [2.24, 2.45) is 0 Å². The third-order valence-electron chi connectivity index (χ3n) is 5.18. The van der Waals surface area contributed by atoms with E-state index in [4.69, 9.17) is 9.26 Å². The summed E-state index contributed by atoms with van der Waals surface area (Å²) in [6.07, 6.45) is 5.40. The maximum Gasteiger partial charge on any atom is 0.139 e. The Morgan fingerprint density at radius 2 is 1.88 bits per heavy atom. The molecule has 0 spiro atoms. The van der Waals surface area contributed by atoms with Crippen molar-refractivity contribution in [3.63, 3.8) is 0 Å². The Kier molecular flexibility index (Phi) is 4.57. The van der Waals surface area contributed by atoms with Crippen LogP contribution in [0.1, 0.15) is 36.3 Å². The zero-order valence-electron chi connectivity index (χ0n) is 14.9. The minimum Gasteiger partial charge on any atom is -0.371 e. The lowest BCUT2D eigenvalue weighted by molar-refractivity contribution is 0.0544. The number of aryl methyl sites for hydroxylation is 2. The highest BCUT2D eigenvalue weighted by Crippen LogP contribution is 2.25. The Hall–Kier alpha value is -2.15. The number of aromatic nitrogens is 3. The molecule has 1 atom stereocenters. The van der Waals surface area contributed by atoms with Crippen molar-refractivity contribution in [3.05, 3.63) is 29.4 Å². The van der Waals surface area contributed by atoms with Crippen LogP contribution in [-0.2, 0) is 11.3 Å². The van der Waals surface area contributed by atoms with E-state index in [9.17, 15) is 0 Å². The third kappa shape index (κ3) is 3.46. The maximum atomic E-state index is 6.10. The van der Waals surface area contributed by atoms with E-state index in [1.54, 1.807) is 6.33 Å². The van der Waals surface area contributed by atoms with Crippen LogP contribution in [0, 0.1) is 13.8 Å². The minimum absolute atomic E-state index is 0.207. The van der Waals surface area contributed by atoms with Crippen molar-refractivity contribution < 1.29 is 9.26 Å². The molecule has 2 aliphatic rings.